The molecule has 0 fully saturated rings. The molecule has 0 N–H and O–H groups in total. The van der Waals surface area contributed by atoms with E-state index >= 15 is 0 Å². The zero-order valence-corrected chi connectivity index (χ0v) is 30.9. The molecule has 2 radical (unpaired) electrons. The molecule has 0 saturated heterocycles. The standard InChI is InChI=1S/4C11H9.2ClH.2V/c4*1-2-6-10(7-3-1)11-8-4-5-9-11;;;;/h4*1-4,6-8H,5H2;2*1H;;/q4*-1;;;;/p-2. The first-order valence-electron chi connectivity index (χ1n) is 15.2. The van der Waals surface area contributed by atoms with Crippen LogP contribution < -0.4 is 24.8 Å². The van der Waals surface area contributed by atoms with Crippen LogP contribution in [0, 0.1) is 24.3 Å². The Labute approximate surface area is 324 Å². The molecule has 4 aromatic rings. The van der Waals surface area contributed by atoms with Crippen LogP contribution in [0.1, 0.15) is 47.9 Å². The quantitative estimate of drug-likeness (QED) is 0.249. The summed E-state index contributed by atoms with van der Waals surface area (Å²) in [6.45, 7) is 0. The molecule has 4 aliphatic carbocycles. The van der Waals surface area contributed by atoms with Gasteiger partial charge >= 0.3 is 0 Å². The van der Waals surface area contributed by atoms with Gasteiger partial charge in [-0.05, 0) is 0 Å². The van der Waals surface area contributed by atoms with E-state index < -0.39 is 0 Å². The summed E-state index contributed by atoms with van der Waals surface area (Å²) in [7, 11) is 0. The average molecular weight is 738 g/mol. The molecule has 0 bridgehead atoms. The second-order valence-corrected chi connectivity index (χ2v) is 10.3. The fourth-order valence-electron chi connectivity index (χ4n) is 4.88. The van der Waals surface area contributed by atoms with Crippen LogP contribution in [0.15, 0.2) is 170 Å². The molecule has 8 rings (SSSR count). The Morgan fingerprint density at radius 3 is 0.625 bits per heavy atom. The second kappa shape index (κ2) is 24.7. The summed E-state index contributed by atoms with van der Waals surface area (Å²) in [6.07, 6.45) is 34.0. The van der Waals surface area contributed by atoms with Crippen LogP contribution in [0.2, 0.25) is 0 Å². The van der Waals surface area contributed by atoms with Crippen molar-refractivity contribution in [3.05, 3.63) is 216 Å². The Morgan fingerprint density at radius 2 is 0.479 bits per heavy atom. The van der Waals surface area contributed by atoms with E-state index in [0.29, 0.717) is 0 Å². The summed E-state index contributed by atoms with van der Waals surface area (Å²) in [5.41, 5.74) is 9.97. The normalized spacial score (nSPS) is 13.8. The SMILES string of the molecule is [C-]1=C(c2ccccc2)C=CC1.[C-]1=C(c2ccccc2)C=CC1.[C-]1=C(c2ccccc2)C=CC1.[C-]1=C(c2ccccc2)C=CC1.[Cl-].[Cl-].[V].[V]. The van der Waals surface area contributed by atoms with Gasteiger partial charge in [-0.25, -0.2) is 0 Å². The Hall–Kier alpha value is -3.45. The maximum Gasteiger partial charge on any atom is 0 e. The summed E-state index contributed by atoms with van der Waals surface area (Å²) in [6, 6.07) is 41.4. The van der Waals surface area contributed by atoms with Gasteiger partial charge in [-0.2, -0.15) is 70.9 Å². The van der Waals surface area contributed by atoms with Crippen LogP contribution in [0.3, 0.4) is 0 Å². The summed E-state index contributed by atoms with van der Waals surface area (Å²) in [4.78, 5) is 0. The van der Waals surface area contributed by atoms with Crippen molar-refractivity contribution in [2.24, 2.45) is 0 Å². The third kappa shape index (κ3) is 14.0. The van der Waals surface area contributed by atoms with Crippen molar-refractivity contribution in [1.29, 1.82) is 0 Å². The number of halogens is 2. The molecule has 0 saturated carbocycles. The van der Waals surface area contributed by atoms with Gasteiger partial charge in [-0.3, -0.25) is 0 Å². The van der Waals surface area contributed by atoms with Gasteiger partial charge in [0.2, 0.25) is 0 Å². The van der Waals surface area contributed by atoms with Crippen molar-refractivity contribution < 1.29 is 61.9 Å². The summed E-state index contributed by atoms with van der Waals surface area (Å²) >= 11 is 0. The molecule has 0 aliphatic heterocycles. The van der Waals surface area contributed by atoms with Crippen molar-refractivity contribution >= 4 is 22.3 Å². The number of rotatable bonds is 4. The van der Waals surface area contributed by atoms with Crippen molar-refractivity contribution in [3.63, 3.8) is 0 Å². The van der Waals surface area contributed by atoms with Crippen molar-refractivity contribution in [1.82, 2.24) is 0 Å². The summed E-state index contributed by atoms with van der Waals surface area (Å²) in [5.74, 6) is 0. The Balaban J connectivity index is 0.000000311. The molecule has 0 heterocycles. The van der Waals surface area contributed by atoms with E-state index in [0.717, 1.165) is 25.7 Å². The van der Waals surface area contributed by atoms with E-state index in [9.17, 15) is 0 Å². The Kier molecular flexibility index (Phi) is 21.9. The number of benzene rings is 4. The smallest absolute Gasteiger partial charge is 0 e. The van der Waals surface area contributed by atoms with Gasteiger partial charge < -0.3 is 24.8 Å². The predicted octanol–water partition coefficient (Wildman–Crippen LogP) is 5.34. The minimum absolute atomic E-state index is 0. The van der Waals surface area contributed by atoms with E-state index in [1.807, 2.05) is 24.3 Å². The Morgan fingerprint density at radius 1 is 0.292 bits per heavy atom. The molecule has 0 spiro atoms. The predicted molar refractivity (Wildman–Crippen MR) is 187 cm³/mol. The monoisotopic (exact) mass is 736 g/mol. The van der Waals surface area contributed by atoms with E-state index in [-0.39, 0.29) is 61.9 Å². The maximum atomic E-state index is 3.28. The van der Waals surface area contributed by atoms with Gasteiger partial charge in [0.15, 0.2) is 0 Å². The van der Waals surface area contributed by atoms with Gasteiger partial charge in [0.05, 0.1) is 0 Å². The number of hydrogen-bond donors (Lipinski definition) is 0. The van der Waals surface area contributed by atoms with Crippen LogP contribution in [-0.4, -0.2) is 0 Å². The molecular formula is C44H36Cl2V2-6. The molecular weight excluding hydrogens is 701 g/mol. The summed E-state index contributed by atoms with van der Waals surface area (Å²) < 4.78 is 0. The molecule has 0 nitrogen and oxygen atoms in total. The van der Waals surface area contributed by atoms with E-state index in [1.54, 1.807) is 0 Å². The van der Waals surface area contributed by atoms with E-state index in [2.05, 4.69) is 170 Å². The van der Waals surface area contributed by atoms with Crippen molar-refractivity contribution in [3.8, 4) is 0 Å². The first-order chi connectivity index (χ1) is 21.9. The molecule has 242 valence electrons. The third-order valence-electron chi connectivity index (χ3n) is 7.12. The fourth-order valence-corrected chi connectivity index (χ4v) is 4.88. The molecule has 4 aromatic carbocycles. The molecule has 0 unspecified atom stereocenters. The average Bonchev–Trinajstić information content (AvgIpc) is 3.96. The minimum atomic E-state index is 0. The molecule has 4 heteroatoms. The number of hydrogen-bond acceptors (Lipinski definition) is 0. The van der Waals surface area contributed by atoms with Gasteiger partial charge in [-0.1, -0.05) is 98.5 Å². The molecule has 4 aliphatic rings. The van der Waals surface area contributed by atoms with Crippen molar-refractivity contribution in [2.45, 2.75) is 25.7 Å². The zero-order chi connectivity index (χ0) is 30.1. The van der Waals surface area contributed by atoms with Crippen LogP contribution >= 0.6 is 0 Å². The van der Waals surface area contributed by atoms with Crippen LogP contribution in [0.5, 0.6) is 0 Å². The van der Waals surface area contributed by atoms with Crippen LogP contribution in [0.4, 0.5) is 0 Å². The van der Waals surface area contributed by atoms with Crippen LogP contribution in [-0.2, 0) is 37.1 Å². The van der Waals surface area contributed by atoms with Gasteiger partial charge in [0.1, 0.15) is 0 Å². The first kappa shape index (κ1) is 42.6. The van der Waals surface area contributed by atoms with Gasteiger partial charge in [0.25, 0.3) is 0 Å². The molecule has 0 atom stereocenters. The van der Waals surface area contributed by atoms with Gasteiger partial charge in [-0.15, -0.1) is 95.1 Å². The molecule has 48 heavy (non-hydrogen) atoms. The topological polar surface area (TPSA) is 0 Å². The fraction of sp³-hybridized carbons (Fsp3) is 0.0909. The largest absolute Gasteiger partial charge is 1.00 e. The Bertz CT molecular complexity index is 1450. The molecule has 0 amide bonds. The minimum Gasteiger partial charge on any atom is -1.00 e. The first-order valence-corrected chi connectivity index (χ1v) is 15.2. The van der Waals surface area contributed by atoms with E-state index in [4.69, 9.17) is 0 Å². The second-order valence-electron chi connectivity index (χ2n) is 10.3. The third-order valence-corrected chi connectivity index (χ3v) is 7.12. The zero-order valence-electron chi connectivity index (χ0n) is 26.6. The van der Waals surface area contributed by atoms with Crippen molar-refractivity contribution in [2.75, 3.05) is 0 Å². The maximum absolute atomic E-state index is 3.28. The van der Waals surface area contributed by atoms with Gasteiger partial charge in [0, 0.05) is 37.1 Å². The van der Waals surface area contributed by atoms with E-state index in [1.165, 1.54) is 44.5 Å². The number of allylic oxidation sites excluding steroid dienone is 16. The molecule has 0 aromatic heterocycles. The van der Waals surface area contributed by atoms with Crippen LogP contribution in [0.25, 0.3) is 22.3 Å². The summed E-state index contributed by atoms with van der Waals surface area (Å²) in [5, 5.41) is 0.